The molecule has 2 saturated heterocycles. The monoisotopic (exact) mass is 422 g/mol. The van der Waals surface area contributed by atoms with Crippen LogP contribution in [0.3, 0.4) is 0 Å². The molecule has 1 aromatic rings. The summed E-state index contributed by atoms with van der Waals surface area (Å²) in [4.78, 5) is 25.4. The van der Waals surface area contributed by atoms with Crippen LogP contribution in [-0.4, -0.2) is 72.4 Å². The number of carboxylic acid groups (broad SMARTS) is 1. The van der Waals surface area contributed by atoms with Crippen LogP contribution in [-0.2, 0) is 20.9 Å². The Morgan fingerprint density at radius 1 is 1.25 bits per heavy atom. The summed E-state index contributed by atoms with van der Waals surface area (Å²) < 4.78 is 36.7. The Morgan fingerprint density at radius 3 is 2.46 bits per heavy atom. The molecule has 2 fully saturated rings. The van der Waals surface area contributed by atoms with Crippen LogP contribution in [0.1, 0.15) is 12.0 Å². The van der Waals surface area contributed by atoms with Gasteiger partial charge >= 0.3 is 12.1 Å². The van der Waals surface area contributed by atoms with Gasteiger partial charge in [0.05, 0.1) is 13.0 Å². The van der Waals surface area contributed by atoms with Crippen molar-refractivity contribution in [2.45, 2.75) is 25.2 Å². The molecule has 0 aliphatic carbocycles. The topological polar surface area (TPSA) is 70.1 Å². The van der Waals surface area contributed by atoms with Gasteiger partial charge in [0.1, 0.15) is 0 Å². The van der Waals surface area contributed by atoms with E-state index in [9.17, 15) is 18.0 Å². The van der Waals surface area contributed by atoms with Crippen molar-refractivity contribution in [3.8, 4) is 0 Å². The molecule has 6 nitrogen and oxygen atoms in total. The number of hydrogen-bond donors (Lipinski definition) is 1. The Balaban J connectivity index is 0.000000345. The standard InChI is InChI=1S/C16H21ClN2O2.C2HF3O2/c1-21-7-6-16(20)19-10-13-9-18(15(13)11-19)8-12-4-2-3-5-14(12)17;3-2(4,5)1(6)7/h2-5,13,15H,6-11H2,1H3;(H,6,7). The van der Waals surface area contributed by atoms with Gasteiger partial charge in [-0.3, -0.25) is 9.69 Å². The summed E-state index contributed by atoms with van der Waals surface area (Å²) in [6.45, 7) is 4.18. The van der Waals surface area contributed by atoms with Crippen molar-refractivity contribution < 1.29 is 32.6 Å². The summed E-state index contributed by atoms with van der Waals surface area (Å²) in [7, 11) is 1.63. The van der Waals surface area contributed by atoms with E-state index in [-0.39, 0.29) is 5.91 Å². The minimum absolute atomic E-state index is 0.212. The second kappa shape index (κ2) is 9.58. The number of likely N-dealkylation sites (tertiary alicyclic amines) is 2. The van der Waals surface area contributed by atoms with E-state index in [0.29, 0.717) is 25.0 Å². The van der Waals surface area contributed by atoms with E-state index < -0.39 is 12.1 Å². The van der Waals surface area contributed by atoms with Crippen LogP contribution in [0, 0.1) is 5.92 Å². The number of halogens is 4. The fourth-order valence-corrected chi connectivity index (χ4v) is 3.52. The molecule has 156 valence electrons. The first-order valence-corrected chi connectivity index (χ1v) is 9.05. The maximum atomic E-state index is 12.0. The molecule has 0 radical (unpaired) electrons. The Kier molecular flexibility index (Phi) is 7.68. The number of ether oxygens (including phenoxy) is 1. The van der Waals surface area contributed by atoms with E-state index in [1.807, 2.05) is 23.1 Å². The van der Waals surface area contributed by atoms with Gasteiger partial charge in [-0.2, -0.15) is 13.2 Å². The van der Waals surface area contributed by atoms with Crippen molar-refractivity contribution in [2.24, 2.45) is 5.92 Å². The Morgan fingerprint density at radius 2 is 1.89 bits per heavy atom. The first kappa shape index (κ1) is 22.4. The number of alkyl halides is 3. The zero-order valence-corrected chi connectivity index (χ0v) is 16.0. The molecule has 1 amide bonds. The van der Waals surface area contributed by atoms with Gasteiger partial charge in [0.2, 0.25) is 5.91 Å². The maximum absolute atomic E-state index is 12.0. The first-order chi connectivity index (χ1) is 13.1. The zero-order chi connectivity index (χ0) is 20.9. The molecule has 2 atom stereocenters. The van der Waals surface area contributed by atoms with Gasteiger partial charge in [-0.05, 0) is 11.6 Å². The number of methoxy groups -OCH3 is 1. The van der Waals surface area contributed by atoms with E-state index in [1.165, 1.54) is 5.56 Å². The third-order valence-corrected chi connectivity index (χ3v) is 5.16. The number of hydrogen-bond acceptors (Lipinski definition) is 4. The van der Waals surface area contributed by atoms with Gasteiger partial charge in [0.25, 0.3) is 0 Å². The average molecular weight is 423 g/mol. The maximum Gasteiger partial charge on any atom is 0.490 e. The number of carboxylic acids is 1. The number of carbonyl (C=O) groups excluding carboxylic acids is 1. The molecule has 0 aromatic heterocycles. The highest BCUT2D eigenvalue weighted by atomic mass is 35.5. The lowest BCUT2D eigenvalue weighted by atomic mass is 9.91. The fourth-order valence-electron chi connectivity index (χ4n) is 3.32. The lowest BCUT2D eigenvalue weighted by Crippen LogP contribution is -2.54. The number of amides is 1. The lowest BCUT2D eigenvalue weighted by Gasteiger charge is -2.43. The first-order valence-electron chi connectivity index (χ1n) is 8.67. The highest BCUT2D eigenvalue weighted by molar-refractivity contribution is 6.31. The van der Waals surface area contributed by atoms with Crippen LogP contribution in [0.25, 0.3) is 0 Å². The molecule has 2 heterocycles. The molecule has 1 aromatic carbocycles. The van der Waals surface area contributed by atoms with E-state index in [4.69, 9.17) is 26.2 Å². The summed E-state index contributed by atoms with van der Waals surface area (Å²) in [5.74, 6) is -1.92. The molecule has 2 unspecified atom stereocenters. The fraction of sp³-hybridized carbons (Fsp3) is 0.556. The third kappa shape index (κ3) is 5.83. The van der Waals surface area contributed by atoms with Crippen LogP contribution in [0.15, 0.2) is 24.3 Å². The van der Waals surface area contributed by atoms with Crippen molar-refractivity contribution in [2.75, 3.05) is 33.4 Å². The molecule has 0 bridgehead atoms. The summed E-state index contributed by atoms with van der Waals surface area (Å²) >= 11 is 6.22. The Hall–Kier alpha value is -1.84. The molecular formula is C18H22ClF3N2O4. The number of benzene rings is 1. The second-order valence-corrected chi connectivity index (χ2v) is 7.10. The molecular weight excluding hydrogens is 401 g/mol. The molecule has 28 heavy (non-hydrogen) atoms. The molecule has 2 aliphatic heterocycles. The molecule has 10 heteroatoms. The van der Waals surface area contributed by atoms with E-state index in [0.717, 1.165) is 31.2 Å². The quantitative estimate of drug-likeness (QED) is 0.790. The number of carbonyl (C=O) groups is 2. The third-order valence-electron chi connectivity index (χ3n) is 4.79. The number of rotatable bonds is 5. The summed E-state index contributed by atoms with van der Waals surface area (Å²) in [6.07, 6.45) is -4.60. The Bertz CT molecular complexity index is 702. The smallest absolute Gasteiger partial charge is 0.475 e. The number of aliphatic carboxylic acids is 1. The van der Waals surface area contributed by atoms with Gasteiger partial charge in [0.15, 0.2) is 0 Å². The van der Waals surface area contributed by atoms with Gasteiger partial charge in [-0.15, -0.1) is 0 Å². The molecule has 0 saturated carbocycles. The zero-order valence-electron chi connectivity index (χ0n) is 15.3. The van der Waals surface area contributed by atoms with Crippen LogP contribution < -0.4 is 0 Å². The predicted molar refractivity (Wildman–Crippen MR) is 95.9 cm³/mol. The molecule has 1 N–H and O–H groups in total. The number of nitrogens with zero attached hydrogens (tertiary/aromatic N) is 2. The molecule has 3 rings (SSSR count). The summed E-state index contributed by atoms with van der Waals surface area (Å²) in [5.41, 5.74) is 1.17. The van der Waals surface area contributed by atoms with Gasteiger partial charge < -0.3 is 14.7 Å². The van der Waals surface area contributed by atoms with Crippen LogP contribution >= 0.6 is 11.6 Å². The van der Waals surface area contributed by atoms with Crippen molar-refractivity contribution in [1.82, 2.24) is 9.80 Å². The average Bonchev–Trinajstić information content (AvgIpc) is 2.96. The second-order valence-electron chi connectivity index (χ2n) is 6.69. The van der Waals surface area contributed by atoms with Crippen molar-refractivity contribution in [3.63, 3.8) is 0 Å². The van der Waals surface area contributed by atoms with Gasteiger partial charge in [-0.25, -0.2) is 4.79 Å². The molecule has 2 aliphatic rings. The van der Waals surface area contributed by atoms with Crippen LogP contribution in [0.5, 0.6) is 0 Å². The van der Waals surface area contributed by atoms with Crippen LogP contribution in [0.2, 0.25) is 5.02 Å². The summed E-state index contributed by atoms with van der Waals surface area (Å²) in [6, 6.07) is 8.48. The largest absolute Gasteiger partial charge is 0.490 e. The minimum atomic E-state index is -5.08. The van der Waals surface area contributed by atoms with Crippen LogP contribution in [0.4, 0.5) is 13.2 Å². The summed E-state index contributed by atoms with van der Waals surface area (Å²) in [5, 5.41) is 7.95. The predicted octanol–water partition coefficient (Wildman–Crippen LogP) is 2.65. The highest BCUT2D eigenvalue weighted by Crippen LogP contribution is 2.34. The van der Waals surface area contributed by atoms with Crippen molar-refractivity contribution in [3.05, 3.63) is 34.9 Å². The normalized spacial score (nSPS) is 21.4. The highest BCUT2D eigenvalue weighted by Gasteiger charge is 2.46. The minimum Gasteiger partial charge on any atom is -0.475 e. The van der Waals surface area contributed by atoms with E-state index in [1.54, 1.807) is 7.11 Å². The van der Waals surface area contributed by atoms with Crippen molar-refractivity contribution >= 4 is 23.5 Å². The Labute approximate surface area is 165 Å². The lowest BCUT2D eigenvalue weighted by molar-refractivity contribution is -0.192. The van der Waals surface area contributed by atoms with E-state index >= 15 is 0 Å². The SMILES string of the molecule is COCCC(=O)N1CC2CN(Cc3ccccc3Cl)C2C1.O=C(O)C(F)(F)F. The van der Waals surface area contributed by atoms with Gasteiger partial charge in [0, 0.05) is 50.3 Å². The molecule has 0 spiro atoms. The van der Waals surface area contributed by atoms with E-state index in [2.05, 4.69) is 11.0 Å². The van der Waals surface area contributed by atoms with Gasteiger partial charge in [-0.1, -0.05) is 29.8 Å². The number of fused-ring (bicyclic) bond motifs is 1. The van der Waals surface area contributed by atoms with Crippen molar-refractivity contribution in [1.29, 1.82) is 0 Å².